The average Bonchev–Trinajstić information content (AvgIpc) is 2.78. The zero-order chi connectivity index (χ0) is 16.5. The highest BCUT2D eigenvalue weighted by Crippen LogP contribution is 2.31. The molecule has 0 aliphatic carbocycles. The third-order valence-corrected chi connectivity index (χ3v) is 3.94. The van der Waals surface area contributed by atoms with Crippen LogP contribution in [0.5, 0.6) is 0 Å². The van der Waals surface area contributed by atoms with Crippen LogP contribution in [0.1, 0.15) is 20.3 Å². The SMILES string of the molecule is CN(CC(C)(C)O)C(=O)C1CC(=O)N(c2ccccc2Cl)C1. The normalized spacial score (nSPS) is 18.7. The molecule has 22 heavy (non-hydrogen) atoms. The Balaban J connectivity index is 2.09. The number of benzene rings is 1. The lowest BCUT2D eigenvalue weighted by Gasteiger charge is -2.27. The number of halogens is 1. The van der Waals surface area contributed by atoms with Crippen molar-refractivity contribution >= 4 is 29.1 Å². The van der Waals surface area contributed by atoms with E-state index in [0.29, 0.717) is 17.3 Å². The number of hydrogen-bond acceptors (Lipinski definition) is 3. The second-order valence-corrected chi connectivity index (χ2v) is 6.77. The van der Waals surface area contributed by atoms with Crippen molar-refractivity contribution in [2.45, 2.75) is 25.9 Å². The van der Waals surface area contributed by atoms with E-state index in [1.165, 1.54) is 4.90 Å². The molecular formula is C16H21ClN2O3. The Labute approximate surface area is 135 Å². The Morgan fingerprint density at radius 1 is 1.45 bits per heavy atom. The van der Waals surface area contributed by atoms with Crippen molar-refractivity contribution in [3.05, 3.63) is 29.3 Å². The zero-order valence-electron chi connectivity index (χ0n) is 13.0. The van der Waals surface area contributed by atoms with Gasteiger partial charge >= 0.3 is 0 Å². The van der Waals surface area contributed by atoms with E-state index in [4.69, 9.17) is 11.6 Å². The molecule has 6 heteroatoms. The van der Waals surface area contributed by atoms with Crippen molar-refractivity contribution in [3.63, 3.8) is 0 Å². The van der Waals surface area contributed by atoms with E-state index in [1.54, 1.807) is 44.0 Å². The topological polar surface area (TPSA) is 60.9 Å². The third-order valence-electron chi connectivity index (χ3n) is 3.62. The summed E-state index contributed by atoms with van der Waals surface area (Å²) in [5.41, 5.74) is -0.329. The second kappa shape index (κ2) is 6.26. The first-order chi connectivity index (χ1) is 10.2. The molecule has 1 N–H and O–H groups in total. The summed E-state index contributed by atoms with van der Waals surface area (Å²) >= 11 is 6.12. The van der Waals surface area contributed by atoms with E-state index in [1.807, 2.05) is 6.07 Å². The summed E-state index contributed by atoms with van der Waals surface area (Å²) in [6, 6.07) is 7.10. The number of anilines is 1. The van der Waals surface area contributed by atoms with Crippen LogP contribution >= 0.6 is 11.6 Å². The van der Waals surface area contributed by atoms with Crippen LogP contribution in [0.4, 0.5) is 5.69 Å². The van der Waals surface area contributed by atoms with Gasteiger partial charge in [0.25, 0.3) is 0 Å². The van der Waals surface area contributed by atoms with Gasteiger partial charge in [-0.1, -0.05) is 23.7 Å². The van der Waals surface area contributed by atoms with Crippen molar-refractivity contribution in [3.8, 4) is 0 Å². The summed E-state index contributed by atoms with van der Waals surface area (Å²) in [6.07, 6.45) is 0.167. The van der Waals surface area contributed by atoms with Gasteiger partial charge in [0.05, 0.1) is 22.2 Å². The number of nitrogens with zero attached hydrogens (tertiary/aromatic N) is 2. The number of amides is 2. The minimum absolute atomic E-state index is 0.108. The molecule has 1 aromatic carbocycles. The van der Waals surface area contributed by atoms with Gasteiger partial charge in [-0.25, -0.2) is 0 Å². The van der Waals surface area contributed by atoms with E-state index in [2.05, 4.69) is 0 Å². The first kappa shape index (κ1) is 16.8. The van der Waals surface area contributed by atoms with E-state index in [0.717, 1.165) is 0 Å². The van der Waals surface area contributed by atoms with Crippen LogP contribution in [-0.4, -0.2) is 47.6 Å². The molecule has 1 fully saturated rings. The number of hydrogen-bond donors (Lipinski definition) is 1. The highest BCUT2D eigenvalue weighted by molar-refractivity contribution is 6.33. The molecule has 0 radical (unpaired) electrons. The standard InChI is InChI=1S/C16H21ClN2O3/c1-16(2,22)10-18(3)15(21)11-8-14(20)19(9-11)13-7-5-4-6-12(13)17/h4-7,11,22H,8-10H2,1-3H3. The Kier molecular flexibility index (Phi) is 4.78. The summed E-state index contributed by atoms with van der Waals surface area (Å²) in [5, 5.41) is 10.3. The van der Waals surface area contributed by atoms with Crippen molar-refractivity contribution in [1.29, 1.82) is 0 Å². The highest BCUT2D eigenvalue weighted by atomic mass is 35.5. The first-order valence-corrected chi connectivity index (χ1v) is 7.59. The van der Waals surface area contributed by atoms with Gasteiger partial charge in [-0.2, -0.15) is 0 Å². The maximum Gasteiger partial charge on any atom is 0.227 e. The van der Waals surface area contributed by atoms with Crippen LogP contribution in [0.2, 0.25) is 5.02 Å². The fourth-order valence-corrected chi connectivity index (χ4v) is 2.98. The number of carbonyl (C=O) groups excluding carboxylic acids is 2. The molecule has 1 aromatic rings. The van der Waals surface area contributed by atoms with Crippen LogP contribution in [0.25, 0.3) is 0 Å². The van der Waals surface area contributed by atoms with Gasteiger partial charge in [0.2, 0.25) is 11.8 Å². The Bertz CT molecular complexity index is 583. The minimum atomic E-state index is -0.963. The van der Waals surface area contributed by atoms with Gasteiger partial charge in [0, 0.05) is 26.6 Å². The molecule has 5 nitrogen and oxygen atoms in total. The average molecular weight is 325 g/mol. The van der Waals surface area contributed by atoms with Gasteiger partial charge in [0.15, 0.2) is 0 Å². The number of para-hydroxylation sites is 1. The third kappa shape index (κ3) is 3.78. The molecule has 1 aliphatic heterocycles. The first-order valence-electron chi connectivity index (χ1n) is 7.21. The van der Waals surface area contributed by atoms with Crippen LogP contribution in [0, 0.1) is 5.92 Å². The van der Waals surface area contributed by atoms with Crippen molar-refractivity contribution in [1.82, 2.24) is 4.90 Å². The van der Waals surface area contributed by atoms with Gasteiger partial charge in [0.1, 0.15) is 0 Å². The molecule has 1 aliphatic rings. The molecule has 0 spiro atoms. The number of aliphatic hydroxyl groups is 1. The van der Waals surface area contributed by atoms with E-state index < -0.39 is 11.5 Å². The largest absolute Gasteiger partial charge is 0.389 e. The predicted molar refractivity (Wildman–Crippen MR) is 85.8 cm³/mol. The van der Waals surface area contributed by atoms with Gasteiger partial charge < -0.3 is 14.9 Å². The number of rotatable bonds is 4. The molecule has 2 rings (SSSR count). The van der Waals surface area contributed by atoms with E-state index >= 15 is 0 Å². The molecule has 0 aromatic heterocycles. The second-order valence-electron chi connectivity index (χ2n) is 6.36. The minimum Gasteiger partial charge on any atom is -0.389 e. The monoisotopic (exact) mass is 324 g/mol. The van der Waals surface area contributed by atoms with Crippen molar-refractivity contribution in [2.24, 2.45) is 5.92 Å². The molecule has 1 atom stereocenters. The van der Waals surface area contributed by atoms with Crippen LogP contribution in [0.3, 0.4) is 0 Å². The van der Waals surface area contributed by atoms with Crippen molar-refractivity contribution in [2.75, 3.05) is 25.0 Å². The summed E-state index contributed by atoms with van der Waals surface area (Å²) in [5.74, 6) is -0.649. The van der Waals surface area contributed by atoms with E-state index in [-0.39, 0.29) is 24.8 Å². The Morgan fingerprint density at radius 3 is 2.68 bits per heavy atom. The number of likely N-dealkylation sites (N-methyl/N-ethyl adjacent to an activating group) is 1. The lowest BCUT2D eigenvalue weighted by atomic mass is 10.1. The molecule has 1 unspecified atom stereocenters. The maximum absolute atomic E-state index is 12.4. The molecule has 0 bridgehead atoms. The van der Waals surface area contributed by atoms with Crippen molar-refractivity contribution < 1.29 is 14.7 Å². The van der Waals surface area contributed by atoms with Crippen LogP contribution in [-0.2, 0) is 9.59 Å². The summed E-state index contributed by atoms with van der Waals surface area (Å²) in [4.78, 5) is 27.7. The Morgan fingerprint density at radius 2 is 2.09 bits per heavy atom. The summed E-state index contributed by atoms with van der Waals surface area (Å²) in [7, 11) is 1.64. The predicted octanol–water partition coefficient (Wildman–Crippen LogP) is 1.92. The summed E-state index contributed by atoms with van der Waals surface area (Å²) in [6.45, 7) is 3.83. The Hall–Kier alpha value is -1.59. The molecule has 120 valence electrons. The molecule has 1 saturated heterocycles. The lowest BCUT2D eigenvalue weighted by Crippen LogP contribution is -2.43. The maximum atomic E-state index is 12.4. The quantitative estimate of drug-likeness (QED) is 0.920. The van der Waals surface area contributed by atoms with Gasteiger partial charge in [-0.15, -0.1) is 0 Å². The molecule has 0 saturated carbocycles. The molecular weight excluding hydrogens is 304 g/mol. The zero-order valence-corrected chi connectivity index (χ0v) is 13.8. The lowest BCUT2D eigenvalue weighted by molar-refractivity contribution is -0.137. The number of carbonyl (C=O) groups is 2. The fraction of sp³-hybridized carbons (Fsp3) is 0.500. The van der Waals surface area contributed by atoms with Gasteiger partial charge in [-0.3, -0.25) is 9.59 Å². The van der Waals surface area contributed by atoms with Crippen LogP contribution in [0.15, 0.2) is 24.3 Å². The highest BCUT2D eigenvalue weighted by Gasteiger charge is 2.37. The molecule has 2 amide bonds. The fourth-order valence-electron chi connectivity index (χ4n) is 2.75. The van der Waals surface area contributed by atoms with E-state index in [9.17, 15) is 14.7 Å². The smallest absolute Gasteiger partial charge is 0.227 e. The molecule has 1 heterocycles. The summed E-state index contributed by atoms with van der Waals surface area (Å²) < 4.78 is 0. The van der Waals surface area contributed by atoms with Crippen LogP contribution < -0.4 is 4.90 Å². The van der Waals surface area contributed by atoms with Gasteiger partial charge in [-0.05, 0) is 26.0 Å².